The summed E-state index contributed by atoms with van der Waals surface area (Å²) in [5.41, 5.74) is 0. The van der Waals surface area contributed by atoms with E-state index in [1.165, 1.54) is 26.2 Å². The first-order chi connectivity index (χ1) is 13.2. The lowest BCUT2D eigenvalue weighted by molar-refractivity contribution is -0.0550. The van der Waals surface area contributed by atoms with Crippen LogP contribution in [0.15, 0.2) is 0 Å². The molecule has 2 rings (SSSR count). The SMILES string of the molecule is [B][C@@H]1O[C@H](COC)C(OC)[C@@H]1OCCNCCNCCN1CCN(C)CC1. The van der Waals surface area contributed by atoms with Gasteiger partial charge in [-0.15, -0.1) is 0 Å². The maximum absolute atomic E-state index is 6.01. The molecule has 0 amide bonds. The average molecular weight is 384 g/mol. The zero-order valence-corrected chi connectivity index (χ0v) is 17.2. The number of hydrogen-bond acceptors (Lipinski definition) is 8. The van der Waals surface area contributed by atoms with E-state index in [1.807, 2.05) is 0 Å². The third-order valence-electron chi connectivity index (χ3n) is 5.22. The van der Waals surface area contributed by atoms with Crippen molar-refractivity contribution < 1.29 is 18.9 Å². The Bertz CT molecular complexity index is 388. The van der Waals surface area contributed by atoms with Crippen molar-refractivity contribution >= 4 is 7.85 Å². The first-order valence-corrected chi connectivity index (χ1v) is 10.0. The van der Waals surface area contributed by atoms with Crippen molar-refractivity contribution in [3.05, 3.63) is 0 Å². The Kier molecular flexibility index (Phi) is 11.1. The van der Waals surface area contributed by atoms with E-state index in [1.54, 1.807) is 14.2 Å². The molecule has 0 aromatic rings. The number of likely N-dealkylation sites (N-methyl/N-ethyl adjacent to an activating group) is 1. The molecule has 2 aliphatic heterocycles. The molecule has 2 saturated heterocycles. The van der Waals surface area contributed by atoms with Gasteiger partial charge in [0.15, 0.2) is 0 Å². The van der Waals surface area contributed by atoms with E-state index in [9.17, 15) is 0 Å². The lowest BCUT2D eigenvalue weighted by Crippen LogP contribution is -2.46. The molecule has 1 unspecified atom stereocenters. The molecule has 0 aliphatic carbocycles. The minimum Gasteiger partial charge on any atom is -0.382 e. The lowest BCUT2D eigenvalue weighted by Gasteiger charge is -2.32. The Labute approximate surface area is 165 Å². The number of hydrogen-bond donors (Lipinski definition) is 2. The molecule has 2 fully saturated rings. The highest BCUT2D eigenvalue weighted by molar-refractivity contribution is 6.11. The van der Waals surface area contributed by atoms with Crippen LogP contribution in [0.25, 0.3) is 0 Å². The number of piperazine rings is 1. The van der Waals surface area contributed by atoms with E-state index >= 15 is 0 Å². The minimum absolute atomic E-state index is 0.183. The third-order valence-corrected chi connectivity index (χ3v) is 5.22. The van der Waals surface area contributed by atoms with Crippen LogP contribution in [0.4, 0.5) is 0 Å². The van der Waals surface area contributed by atoms with Crippen molar-refractivity contribution in [1.82, 2.24) is 20.4 Å². The van der Waals surface area contributed by atoms with Gasteiger partial charge < -0.3 is 34.5 Å². The molecule has 0 aromatic carbocycles. The van der Waals surface area contributed by atoms with Crippen molar-refractivity contribution in [1.29, 1.82) is 0 Å². The fourth-order valence-electron chi connectivity index (χ4n) is 3.53. The van der Waals surface area contributed by atoms with E-state index < -0.39 is 6.00 Å². The van der Waals surface area contributed by atoms with Crippen LogP contribution >= 0.6 is 0 Å². The number of methoxy groups -OCH3 is 2. The van der Waals surface area contributed by atoms with Crippen LogP contribution in [0.2, 0.25) is 0 Å². The summed E-state index contributed by atoms with van der Waals surface area (Å²) in [7, 11) is 11.5. The fourth-order valence-corrected chi connectivity index (χ4v) is 3.53. The summed E-state index contributed by atoms with van der Waals surface area (Å²) >= 11 is 0. The van der Waals surface area contributed by atoms with Gasteiger partial charge in [0.05, 0.1) is 13.2 Å². The molecule has 2 aliphatic rings. The van der Waals surface area contributed by atoms with E-state index in [2.05, 4.69) is 27.5 Å². The monoisotopic (exact) mass is 384 g/mol. The molecule has 2 radical (unpaired) electrons. The first kappa shape index (κ1) is 23.0. The van der Waals surface area contributed by atoms with Crippen molar-refractivity contribution in [2.45, 2.75) is 24.3 Å². The Morgan fingerprint density at radius 3 is 2.37 bits per heavy atom. The van der Waals surface area contributed by atoms with Gasteiger partial charge in [-0.05, 0) is 7.05 Å². The van der Waals surface area contributed by atoms with Crippen LogP contribution in [0.1, 0.15) is 0 Å². The predicted octanol–water partition coefficient (Wildman–Crippen LogP) is -1.65. The molecule has 2 N–H and O–H groups in total. The molecule has 9 heteroatoms. The largest absolute Gasteiger partial charge is 0.382 e. The van der Waals surface area contributed by atoms with Crippen LogP contribution in [0, 0.1) is 0 Å². The van der Waals surface area contributed by atoms with Crippen LogP contribution in [-0.2, 0) is 18.9 Å². The molecule has 2 heterocycles. The maximum Gasteiger partial charge on any atom is 0.113 e. The molecule has 0 spiro atoms. The first-order valence-electron chi connectivity index (χ1n) is 10.0. The zero-order chi connectivity index (χ0) is 19.5. The van der Waals surface area contributed by atoms with E-state index in [4.69, 9.17) is 26.8 Å². The molecular formula is C18H37BN4O4. The van der Waals surface area contributed by atoms with Crippen molar-refractivity contribution in [3.63, 3.8) is 0 Å². The number of rotatable bonds is 13. The minimum atomic E-state index is -0.480. The van der Waals surface area contributed by atoms with Gasteiger partial charge in [-0.2, -0.15) is 0 Å². The second-order valence-corrected chi connectivity index (χ2v) is 7.28. The number of ether oxygens (including phenoxy) is 4. The van der Waals surface area contributed by atoms with Crippen LogP contribution in [0.3, 0.4) is 0 Å². The Balaban J connectivity index is 1.45. The van der Waals surface area contributed by atoms with Crippen molar-refractivity contribution in [3.8, 4) is 0 Å². The number of nitrogens with one attached hydrogen (secondary N) is 2. The van der Waals surface area contributed by atoms with Gasteiger partial charge >= 0.3 is 0 Å². The molecule has 0 bridgehead atoms. The number of nitrogens with zero attached hydrogens (tertiary/aromatic N) is 2. The zero-order valence-electron chi connectivity index (χ0n) is 17.2. The summed E-state index contributed by atoms with van der Waals surface area (Å²) in [6, 6.07) is -0.480. The smallest absolute Gasteiger partial charge is 0.113 e. The molecule has 8 nitrogen and oxygen atoms in total. The molecule has 156 valence electrons. The highest BCUT2D eigenvalue weighted by Gasteiger charge is 2.42. The summed E-state index contributed by atoms with van der Waals surface area (Å²) in [4.78, 5) is 4.90. The van der Waals surface area contributed by atoms with Crippen LogP contribution in [0.5, 0.6) is 0 Å². The topological polar surface area (TPSA) is 67.5 Å². The molecule has 0 saturated carbocycles. The van der Waals surface area contributed by atoms with E-state index in [0.717, 1.165) is 32.7 Å². The molecule has 27 heavy (non-hydrogen) atoms. The van der Waals surface area contributed by atoms with Crippen LogP contribution in [-0.4, -0.2) is 135 Å². The summed E-state index contributed by atoms with van der Waals surface area (Å²) in [5.74, 6) is 0. The molecule has 0 aromatic heterocycles. The predicted molar refractivity (Wildman–Crippen MR) is 107 cm³/mol. The van der Waals surface area contributed by atoms with Gasteiger partial charge in [0.25, 0.3) is 0 Å². The van der Waals surface area contributed by atoms with Crippen molar-refractivity contribution in [2.75, 3.05) is 93.4 Å². The third kappa shape index (κ3) is 7.94. The summed E-state index contributed by atoms with van der Waals surface area (Å²) in [6.45, 7) is 10.5. The average Bonchev–Trinajstić information content (AvgIpc) is 2.96. The Hall–Kier alpha value is -0.255. The molecule has 4 atom stereocenters. The summed E-state index contributed by atoms with van der Waals surface area (Å²) in [5, 5.41) is 6.87. The van der Waals surface area contributed by atoms with Crippen molar-refractivity contribution in [2.24, 2.45) is 0 Å². The van der Waals surface area contributed by atoms with E-state index in [-0.39, 0.29) is 18.3 Å². The van der Waals surface area contributed by atoms with E-state index in [0.29, 0.717) is 13.2 Å². The highest BCUT2D eigenvalue weighted by Crippen LogP contribution is 2.24. The Morgan fingerprint density at radius 1 is 1.00 bits per heavy atom. The van der Waals surface area contributed by atoms with Gasteiger partial charge in [0.1, 0.15) is 26.2 Å². The second-order valence-electron chi connectivity index (χ2n) is 7.28. The normalized spacial score (nSPS) is 30.2. The lowest BCUT2D eigenvalue weighted by atomic mass is 9.93. The van der Waals surface area contributed by atoms with Gasteiger partial charge in [-0.3, -0.25) is 4.90 Å². The summed E-state index contributed by atoms with van der Waals surface area (Å²) < 4.78 is 22.2. The van der Waals surface area contributed by atoms with Gasteiger partial charge in [-0.25, -0.2) is 0 Å². The maximum atomic E-state index is 6.01. The van der Waals surface area contributed by atoms with Crippen LogP contribution < -0.4 is 10.6 Å². The quantitative estimate of drug-likeness (QED) is 0.289. The molecular weight excluding hydrogens is 347 g/mol. The van der Waals surface area contributed by atoms with Gasteiger partial charge in [-0.1, -0.05) is 0 Å². The van der Waals surface area contributed by atoms with Gasteiger partial charge in [0, 0.05) is 79.1 Å². The summed E-state index contributed by atoms with van der Waals surface area (Å²) in [6.07, 6.45) is -0.646. The Morgan fingerprint density at radius 2 is 1.70 bits per heavy atom. The standard InChI is InChI=1S/C18H37BN4O4/c1-22-9-11-23(12-10-22)8-6-20-4-5-21-7-13-26-17-16(25-3)15(14-24-2)27-18(17)19/h15-18,20-21H,4-14H2,1-3H3/t15-,16?,17+,18-/m1/s1. The second kappa shape index (κ2) is 13.1. The highest BCUT2D eigenvalue weighted by atomic mass is 16.6. The fraction of sp³-hybridized carbons (Fsp3) is 1.00. The van der Waals surface area contributed by atoms with Gasteiger partial charge in [0.2, 0.25) is 0 Å².